The predicted molar refractivity (Wildman–Crippen MR) is 124 cm³/mol. The van der Waals surface area contributed by atoms with Crippen LogP contribution in [0.3, 0.4) is 0 Å². The molecule has 2 aliphatic rings. The van der Waals surface area contributed by atoms with Crippen molar-refractivity contribution < 1.29 is 13.2 Å². The monoisotopic (exact) mass is 439 g/mol. The Morgan fingerprint density at radius 3 is 2.48 bits per heavy atom. The number of benzene rings is 2. The first-order valence-electron chi connectivity index (χ1n) is 10.9. The van der Waals surface area contributed by atoms with Crippen LogP contribution in [0.2, 0.25) is 0 Å². The molecule has 164 valence electrons. The Balaban J connectivity index is 1.22. The largest absolute Gasteiger partial charge is 0.369 e. The molecule has 1 N–H and O–H groups in total. The third-order valence-corrected chi connectivity index (χ3v) is 7.65. The first kappa shape index (κ1) is 21.6. The van der Waals surface area contributed by atoms with Gasteiger partial charge >= 0.3 is 0 Å². The van der Waals surface area contributed by atoms with E-state index in [9.17, 15) is 13.2 Å². The molecule has 1 fully saturated rings. The summed E-state index contributed by atoms with van der Waals surface area (Å²) in [6, 6.07) is 17.8. The first-order valence-corrected chi connectivity index (χ1v) is 12.4. The summed E-state index contributed by atoms with van der Waals surface area (Å²) in [5, 5.41) is 4.31. The molecule has 0 radical (unpaired) electrons. The van der Waals surface area contributed by atoms with E-state index < -0.39 is 10.0 Å². The number of rotatable bonds is 7. The first-order chi connectivity index (χ1) is 15.0. The highest BCUT2D eigenvalue weighted by Crippen LogP contribution is 2.26. The highest BCUT2D eigenvalue weighted by molar-refractivity contribution is 7.92. The van der Waals surface area contributed by atoms with Crippen LogP contribution in [0, 0.1) is 5.92 Å². The zero-order chi connectivity index (χ0) is 21.7. The van der Waals surface area contributed by atoms with Gasteiger partial charge in [-0.1, -0.05) is 48.5 Å². The van der Waals surface area contributed by atoms with E-state index in [1.807, 2.05) is 36.4 Å². The van der Waals surface area contributed by atoms with Crippen LogP contribution in [0.1, 0.15) is 24.0 Å². The summed E-state index contributed by atoms with van der Waals surface area (Å²) in [5.41, 5.74) is 3.48. The molecule has 0 atom stereocenters. The fourth-order valence-electron chi connectivity index (χ4n) is 4.28. The summed E-state index contributed by atoms with van der Waals surface area (Å²) in [5.74, 6) is -0.0974. The molecule has 2 aliphatic heterocycles. The molecule has 31 heavy (non-hydrogen) atoms. The number of sulfonamides is 1. The number of para-hydroxylation sites is 1. The van der Waals surface area contributed by atoms with Crippen molar-refractivity contribution in [3.05, 3.63) is 71.1 Å². The smallest absolute Gasteiger partial charge is 0.236 e. The van der Waals surface area contributed by atoms with Gasteiger partial charge in [-0.3, -0.25) is 4.79 Å². The van der Waals surface area contributed by atoms with Gasteiger partial charge in [0.2, 0.25) is 15.9 Å². The maximum Gasteiger partial charge on any atom is 0.236 e. The van der Waals surface area contributed by atoms with E-state index in [2.05, 4.69) is 28.4 Å². The Morgan fingerprint density at radius 2 is 1.71 bits per heavy atom. The second-order valence-corrected chi connectivity index (χ2v) is 9.91. The van der Waals surface area contributed by atoms with Crippen molar-refractivity contribution in [1.29, 1.82) is 0 Å². The molecule has 7 heteroatoms. The molecule has 0 unspecified atom stereocenters. The summed E-state index contributed by atoms with van der Waals surface area (Å²) >= 11 is 0. The molecule has 1 amide bonds. The average Bonchev–Trinajstić information content (AvgIpc) is 3.22. The lowest BCUT2D eigenvalue weighted by Gasteiger charge is -2.30. The second-order valence-electron chi connectivity index (χ2n) is 8.09. The van der Waals surface area contributed by atoms with Crippen LogP contribution in [0.25, 0.3) is 6.08 Å². The Hall–Kier alpha value is -2.64. The SMILES string of the molecule is O=C(NCCN1CCc2ccccc21)C1CCN(S(=O)(=O)/C=C/c2ccccc2)CC1. The zero-order valence-electron chi connectivity index (χ0n) is 17.6. The molecule has 4 rings (SSSR count). The summed E-state index contributed by atoms with van der Waals surface area (Å²) in [6.45, 7) is 3.13. The van der Waals surface area contributed by atoms with Gasteiger partial charge in [-0.25, -0.2) is 8.42 Å². The number of nitrogens with zero attached hydrogens (tertiary/aromatic N) is 2. The van der Waals surface area contributed by atoms with Crippen molar-refractivity contribution in [2.24, 2.45) is 5.92 Å². The molecule has 6 nitrogen and oxygen atoms in total. The normalized spacial score (nSPS) is 17.7. The lowest BCUT2D eigenvalue weighted by atomic mass is 9.97. The molecule has 1 saturated heterocycles. The van der Waals surface area contributed by atoms with E-state index in [-0.39, 0.29) is 11.8 Å². The molecule has 0 aliphatic carbocycles. The highest BCUT2D eigenvalue weighted by Gasteiger charge is 2.30. The topological polar surface area (TPSA) is 69.7 Å². The van der Waals surface area contributed by atoms with Crippen LogP contribution in [0.4, 0.5) is 5.69 Å². The van der Waals surface area contributed by atoms with Crippen LogP contribution < -0.4 is 10.2 Å². The Morgan fingerprint density at radius 1 is 1.00 bits per heavy atom. The van der Waals surface area contributed by atoms with Crippen LogP contribution in [-0.2, 0) is 21.2 Å². The molecule has 0 aromatic heterocycles. The van der Waals surface area contributed by atoms with Crippen molar-refractivity contribution >= 4 is 27.7 Å². The van der Waals surface area contributed by atoms with Gasteiger partial charge in [0, 0.05) is 49.7 Å². The lowest BCUT2D eigenvalue weighted by molar-refractivity contribution is -0.126. The fourth-order valence-corrected chi connectivity index (χ4v) is 5.51. The number of nitrogens with one attached hydrogen (secondary N) is 1. The third kappa shape index (κ3) is 5.35. The van der Waals surface area contributed by atoms with Crippen LogP contribution in [0.5, 0.6) is 0 Å². The van der Waals surface area contributed by atoms with Crippen LogP contribution >= 0.6 is 0 Å². The predicted octanol–water partition coefficient (Wildman–Crippen LogP) is 2.88. The van der Waals surface area contributed by atoms with Crippen molar-refractivity contribution in [3.63, 3.8) is 0 Å². The molecule has 0 spiro atoms. The van der Waals surface area contributed by atoms with Crippen molar-refractivity contribution in [3.8, 4) is 0 Å². The minimum atomic E-state index is -3.47. The number of fused-ring (bicyclic) bond motifs is 1. The number of amides is 1. The van der Waals surface area contributed by atoms with E-state index in [0.717, 1.165) is 25.1 Å². The van der Waals surface area contributed by atoms with E-state index in [0.29, 0.717) is 32.5 Å². The number of hydrogen-bond donors (Lipinski definition) is 1. The summed E-state index contributed by atoms with van der Waals surface area (Å²) in [6.07, 6.45) is 3.77. The lowest BCUT2D eigenvalue weighted by Crippen LogP contribution is -2.43. The Bertz CT molecular complexity index is 1030. The highest BCUT2D eigenvalue weighted by atomic mass is 32.2. The van der Waals surface area contributed by atoms with Gasteiger partial charge < -0.3 is 10.2 Å². The molecular weight excluding hydrogens is 410 g/mol. The quantitative estimate of drug-likeness (QED) is 0.720. The minimum absolute atomic E-state index is 0.0318. The van der Waals surface area contributed by atoms with E-state index in [1.54, 1.807) is 6.08 Å². The molecular formula is C24H29N3O3S. The zero-order valence-corrected chi connectivity index (χ0v) is 18.4. The summed E-state index contributed by atoms with van der Waals surface area (Å²) in [7, 11) is -3.47. The number of piperidine rings is 1. The number of carbonyl (C=O) groups excluding carboxylic acids is 1. The third-order valence-electron chi connectivity index (χ3n) is 6.08. The van der Waals surface area contributed by atoms with Gasteiger partial charge in [0.15, 0.2) is 0 Å². The van der Waals surface area contributed by atoms with Gasteiger partial charge in [-0.15, -0.1) is 0 Å². The standard InChI is InChI=1S/C24H29N3O3S/c28-24(25-14-18-26-15-10-21-8-4-5-9-23(21)26)22-11-16-27(17-12-22)31(29,30)19-13-20-6-2-1-3-7-20/h1-9,13,19,22H,10-12,14-18H2,(H,25,28)/b19-13+. The number of carbonyl (C=O) groups is 1. The number of anilines is 1. The van der Waals surface area contributed by atoms with Crippen molar-refractivity contribution in [2.75, 3.05) is 37.6 Å². The van der Waals surface area contributed by atoms with Crippen molar-refractivity contribution in [1.82, 2.24) is 9.62 Å². The Labute approximate surface area is 184 Å². The average molecular weight is 440 g/mol. The second kappa shape index (κ2) is 9.66. The fraction of sp³-hybridized carbons (Fsp3) is 0.375. The Kier molecular flexibility index (Phi) is 6.73. The summed E-state index contributed by atoms with van der Waals surface area (Å²) in [4.78, 5) is 14.9. The van der Waals surface area contributed by atoms with E-state index in [1.165, 1.54) is 21.0 Å². The van der Waals surface area contributed by atoms with Crippen molar-refractivity contribution in [2.45, 2.75) is 19.3 Å². The molecule has 2 aromatic carbocycles. The van der Waals surface area contributed by atoms with Crippen LogP contribution in [0.15, 0.2) is 60.0 Å². The molecule has 2 aromatic rings. The maximum atomic E-state index is 12.6. The van der Waals surface area contributed by atoms with E-state index in [4.69, 9.17) is 0 Å². The van der Waals surface area contributed by atoms with Gasteiger partial charge in [-0.05, 0) is 42.5 Å². The number of hydrogen-bond acceptors (Lipinski definition) is 4. The van der Waals surface area contributed by atoms with Gasteiger partial charge in [0.25, 0.3) is 0 Å². The minimum Gasteiger partial charge on any atom is -0.369 e. The maximum absolute atomic E-state index is 12.6. The van der Waals surface area contributed by atoms with Gasteiger partial charge in [-0.2, -0.15) is 4.31 Å². The summed E-state index contributed by atoms with van der Waals surface area (Å²) < 4.78 is 26.6. The van der Waals surface area contributed by atoms with Gasteiger partial charge in [0.1, 0.15) is 0 Å². The van der Waals surface area contributed by atoms with E-state index >= 15 is 0 Å². The molecule has 0 saturated carbocycles. The van der Waals surface area contributed by atoms with Gasteiger partial charge in [0.05, 0.1) is 0 Å². The molecule has 2 heterocycles. The van der Waals surface area contributed by atoms with Crippen LogP contribution in [-0.4, -0.2) is 51.4 Å². The molecule has 0 bridgehead atoms.